The molecule has 0 radical (unpaired) electrons. The number of rotatable bonds is 3. The zero-order valence-electron chi connectivity index (χ0n) is 10.8. The van der Waals surface area contributed by atoms with Crippen molar-refractivity contribution < 1.29 is 4.74 Å². The molecule has 18 heavy (non-hydrogen) atoms. The van der Waals surface area contributed by atoms with Crippen LogP contribution in [-0.2, 0) is 4.74 Å². The molecule has 0 saturated carbocycles. The minimum absolute atomic E-state index is 0.273. The Kier molecular flexibility index (Phi) is 3.64. The van der Waals surface area contributed by atoms with Gasteiger partial charge in [-0.2, -0.15) is 0 Å². The average Bonchev–Trinajstić information content (AvgIpc) is 3.01. The van der Waals surface area contributed by atoms with Crippen LogP contribution in [0, 0.1) is 5.92 Å². The molecule has 2 aliphatic heterocycles. The van der Waals surface area contributed by atoms with Crippen molar-refractivity contribution in [2.24, 2.45) is 11.7 Å². The zero-order valence-corrected chi connectivity index (χ0v) is 10.8. The van der Waals surface area contributed by atoms with Gasteiger partial charge in [-0.25, -0.2) is 0 Å². The maximum absolute atomic E-state index is 6.30. The predicted octanol–water partition coefficient (Wildman–Crippen LogP) is 1.45. The van der Waals surface area contributed by atoms with E-state index in [-0.39, 0.29) is 6.04 Å². The van der Waals surface area contributed by atoms with Crippen LogP contribution < -0.4 is 5.73 Å². The molecular formula is C15H22N2O. The topological polar surface area (TPSA) is 38.5 Å². The molecule has 2 heterocycles. The fourth-order valence-corrected chi connectivity index (χ4v) is 3.21. The molecule has 0 bridgehead atoms. The fourth-order valence-electron chi connectivity index (χ4n) is 3.21. The molecule has 2 N–H and O–H groups in total. The van der Waals surface area contributed by atoms with E-state index < -0.39 is 0 Å². The first-order valence-corrected chi connectivity index (χ1v) is 6.93. The van der Waals surface area contributed by atoms with Crippen LogP contribution in [-0.4, -0.2) is 43.8 Å². The first kappa shape index (κ1) is 12.2. The normalized spacial score (nSPS) is 33.1. The molecule has 3 nitrogen and oxygen atoms in total. The van der Waals surface area contributed by atoms with E-state index in [0.29, 0.717) is 11.8 Å². The second-order valence-corrected chi connectivity index (χ2v) is 5.63. The van der Waals surface area contributed by atoms with E-state index in [1.807, 2.05) is 0 Å². The molecule has 0 aromatic heterocycles. The van der Waals surface area contributed by atoms with Gasteiger partial charge in [-0.3, -0.25) is 0 Å². The standard InChI is InChI=1S/C15H22N2O/c16-15-10-17(8-12-6-7-18-11-12)9-14(15)13-4-2-1-3-5-13/h1-5,12,14-15H,6-11,16H2/t12?,14-,15+/m0/s1. The Hall–Kier alpha value is -0.900. The van der Waals surface area contributed by atoms with Crippen molar-refractivity contribution in [2.75, 3.05) is 32.8 Å². The van der Waals surface area contributed by atoms with Crippen molar-refractivity contribution in [3.63, 3.8) is 0 Å². The van der Waals surface area contributed by atoms with E-state index in [2.05, 4.69) is 35.2 Å². The Balaban J connectivity index is 1.61. The van der Waals surface area contributed by atoms with Crippen molar-refractivity contribution in [2.45, 2.75) is 18.4 Å². The number of ether oxygens (including phenoxy) is 1. The molecule has 1 unspecified atom stereocenters. The summed E-state index contributed by atoms with van der Waals surface area (Å²) in [4.78, 5) is 2.52. The van der Waals surface area contributed by atoms with Gasteiger partial charge in [0.15, 0.2) is 0 Å². The Bertz CT molecular complexity index is 375. The fraction of sp³-hybridized carbons (Fsp3) is 0.600. The molecule has 0 aliphatic carbocycles. The van der Waals surface area contributed by atoms with Crippen molar-refractivity contribution >= 4 is 0 Å². The van der Waals surface area contributed by atoms with Crippen molar-refractivity contribution in [1.82, 2.24) is 4.90 Å². The lowest BCUT2D eigenvalue weighted by atomic mass is 9.95. The Labute approximate surface area is 109 Å². The van der Waals surface area contributed by atoms with Crippen LogP contribution in [0.1, 0.15) is 17.9 Å². The Morgan fingerprint density at radius 3 is 2.78 bits per heavy atom. The van der Waals surface area contributed by atoms with Gasteiger partial charge in [0.25, 0.3) is 0 Å². The number of likely N-dealkylation sites (tertiary alicyclic amines) is 1. The molecule has 3 rings (SSSR count). The number of nitrogens with two attached hydrogens (primary N) is 1. The third kappa shape index (κ3) is 2.58. The van der Waals surface area contributed by atoms with Crippen LogP contribution >= 0.6 is 0 Å². The lowest BCUT2D eigenvalue weighted by Gasteiger charge is -2.19. The molecule has 3 atom stereocenters. The van der Waals surface area contributed by atoms with Gasteiger partial charge < -0.3 is 15.4 Å². The van der Waals surface area contributed by atoms with Crippen LogP contribution in [0.4, 0.5) is 0 Å². The van der Waals surface area contributed by atoms with E-state index in [0.717, 1.165) is 32.8 Å². The lowest BCUT2D eigenvalue weighted by Crippen LogP contribution is -2.31. The number of nitrogens with zero attached hydrogens (tertiary/aromatic N) is 1. The van der Waals surface area contributed by atoms with Gasteiger partial charge >= 0.3 is 0 Å². The van der Waals surface area contributed by atoms with Gasteiger partial charge in [-0.1, -0.05) is 30.3 Å². The van der Waals surface area contributed by atoms with Crippen LogP contribution in [0.15, 0.2) is 30.3 Å². The molecule has 3 heteroatoms. The van der Waals surface area contributed by atoms with Crippen LogP contribution in [0.3, 0.4) is 0 Å². The third-order valence-electron chi connectivity index (χ3n) is 4.21. The van der Waals surface area contributed by atoms with Gasteiger partial charge in [0.1, 0.15) is 0 Å². The first-order chi connectivity index (χ1) is 8.83. The predicted molar refractivity (Wildman–Crippen MR) is 72.5 cm³/mol. The number of hydrogen-bond acceptors (Lipinski definition) is 3. The smallest absolute Gasteiger partial charge is 0.0507 e. The molecule has 1 aromatic carbocycles. The maximum atomic E-state index is 6.30. The summed E-state index contributed by atoms with van der Waals surface area (Å²) in [6.07, 6.45) is 1.21. The summed E-state index contributed by atoms with van der Waals surface area (Å²) in [6, 6.07) is 11.0. The van der Waals surface area contributed by atoms with Crippen LogP contribution in [0.25, 0.3) is 0 Å². The summed E-state index contributed by atoms with van der Waals surface area (Å²) < 4.78 is 5.45. The molecular weight excluding hydrogens is 224 g/mol. The van der Waals surface area contributed by atoms with E-state index in [1.165, 1.54) is 12.0 Å². The summed E-state index contributed by atoms with van der Waals surface area (Å²) in [5.41, 5.74) is 7.69. The highest BCUT2D eigenvalue weighted by Gasteiger charge is 2.32. The highest BCUT2D eigenvalue weighted by molar-refractivity contribution is 5.23. The second-order valence-electron chi connectivity index (χ2n) is 5.63. The highest BCUT2D eigenvalue weighted by atomic mass is 16.5. The van der Waals surface area contributed by atoms with Crippen LogP contribution in [0.5, 0.6) is 0 Å². The average molecular weight is 246 g/mol. The van der Waals surface area contributed by atoms with Crippen LogP contribution in [0.2, 0.25) is 0 Å². The van der Waals surface area contributed by atoms with E-state index in [4.69, 9.17) is 10.5 Å². The largest absolute Gasteiger partial charge is 0.381 e. The molecule has 0 spiro atoms. The zero-order chi connectivity index (χ0) is 12.4. The second kappa shape index (κ2) is 5.39. The van der Waals surface area contributed by atoms with Crippen molar-refractivity contribution in [3.8, 4) is 0 Å². The highest BCUT2D eigenvalue weighted by Crippen LogP contribution is 2.27. The SMILES string of the molecule is N[C@@H]1CN(CC2CCOC2)C[C@H]1c1ccccc1. The first-order valence-electron chi connectivity index (χ1n) is 6.93. The molecule has 98 valence electrons. The van der Waals surface area contributed by atoms with Gasteiger partial charge in [0.2, 0.25) is 0 Å². The van der Waals surface area contributed by atoms with Gasteiger partial charge in [-0.05, 0) is 17.9 Å². The number of benzene rings is 1. The summed E-state index contributed by atoms with van der Waals surface area (Å²) in [5, 5.41) is 0. The molecule has 1 aromatic rings. The number of hydrogen-bond donors (Lipinski definition) is 1. The Morgan fingerprint density at radius 1 is 1.22 bits per heavy atom. The third-order valence-corrected chi connectivity index (χ3v) is 4.21. The minimum Gasteiger partial charge on any atom is -0.381 e. The molecule has 2 saturated heterocycles. The molecule has 2 aliphatic rings. The summed E-state index contributed by atoms with van der Waals surface area (Å²) in [5.74, 6) is 1.21. The summed E-state index contributed by atoms with van der Waals surface area (Å²) in [6.45, 7) is 5.14. The quantitative estimate of drug-likeness (QED) is 0.877. The van der Waals surface area contributed by atoms with E-state index in [1.54, 1.807) is 0 Å². The minimum atomic E-state index is 0.273. The monoisotopic (exact) mass is 246 g/mol. The summed E-state index contributed by atoms with van der Waals surface area (Å²) >= 11 is 0. The van der Waals surface area contributed by atoms with Crippen molar-refractivity contribution in [3.05, 3.63) is 35.9 Å². The Morgan fingerprint density at radius 2 is 2.06 bits per heavy atom. The van der Waals surface area contributed by atoms with Crippen molar-refractivity contribution in [1.29, 1.82) is 0 Å². The lowest BCUT2D eigenvalue weighted by molar-refractivity contribution is 0.173. The van der Waals surface area contributed by atoms with Gasteiger partial charge in [-0.15, -0.1) is 0 Å². The van der Waals surface area contributed by atoms with E-state index >= 15 is 0 Å². The van der Waals surface area contributed by atoms with Gasteiger partial charge in [0, 0.05) is 38.2 Å². The van der Waals surface area contributed by atoms with Gasteiger partial charge in [0.05, 0.1) is 6.61 Å². The molecule has 2 fully saturated rings. The van der Waals surface area contributed by atoms with E-state index in [9.17, 15) is 0 Å². The summed E-state index contributed by atoms with van der Waals surface area (Å²) in [7, 11) is 0. The maximum Gasteiger partial charge on any atom is 0.0507 e. The molecule has 0 amide bonds.